The number of rotatable bonds is 9. The lowest BCUT2D eigenvalue weighted by atomic mass is 10.00. The highest BCUT2D eigenvalue weighted by atomic mass is 35.5. The largest absolute Gasteiger partial charge is 0.493 e. The van der Waals surface area contributed by atoms with Gasteiger partial charge in [0.2, 0.25) is 0 Å². The fourth-order valence-electron chi connectivity index (χ4n) is 4.46. The molecule has 0 atom stereocenters. The molecule has 0 amide bonds. The van der Waals surface area contributed by atoms with Crippen molar-refractivity contribution in [2.24, 2.45) is 0 Å². The molecule has 0 aliphatic heterocycles. The highest BCUT2D eigenvalue weighted by Gasteiger charge is 2.22. The summed E-state index contributed by atoms with van der Waals surface area (Å²) in [4.78, 5) is 29.8. The number of anilines is 1. The van der Waals surface area contributed by atoms with Crippen LogP contribution in [0.15, 0.2) is 91.5 Å². The number of nitrogens with zero attached hydrogens (tertiary/aromatic N) is 2. The molecule has 5 aromatic rings. The van der Waals surface area contributed by atoms with E-state index in [1.54, 1.807) is 90.0 Å². The Bertz CT molecular complexity index is 1790. The summed E-state index contributed by atoms with van der Waals surface area (Å²) in [6.07, 6.45) is 5.04. The molecule has 0 saturated heterocycles. The highest BCUT2D eigenvalue weighted by Crippen LogP contribution is 2.35. The Morgan fingerprint density at radius 3 is 1.70 bits per heavy atom. The van der Waals surface area contributed by atoms with Gasteiger partial charge in [-0.25, -0.2) is 4.98 Å². The average Bonchev–Trinajstić information content (AvgIpc) is 3.59. The molecule has 11 heteroatoms. The Hall–Kier alpha value is -4.99. The molecule has 44 heavy (non-hydrogen) atoms. The van der Waals surface area contributed by atoms with Crippen LogP contribution in [0.5, 0.6) is 23.0 Å². The van der Waals surface area contributed by atoms with Crippen molar-refractivity contribution in [3.63, 3.8) is 0 Å². The summed E-state index contributed by atoms with van der Waals surface area (Å²) in [5.74, 6) is 1.27. The van der Waals surface area contributed by atoms with Crippen LogP contribution in [0, 0.1) is 0 Å². The molecule has 0 unspecified atom stereocenters. The van der Waals surface area contributed by atoms with Crippen LogP contribution in [-0.2, 0) is 0 Å². The van der Waals surface area contributed by atoms with E-state index in [-0.39, 0.29) is 11.6 Å². The van der Waals surface area contributed by atoms with Gasteiger partial charge in [0.25, 0.3) is 0 Å². The van der Waals surface area contributed by atoms with E-state index in [2.05, 4.69) is 4.98 Å². The third kappa shape index (κ3) is 6.80. The summed E-state index contributed by atoms with van der Waals surface area (Å²) in [6, 6.07) is 20.2. The van der Waals surface area contributed by atoms with Gasteiger partial charge in [-0.2, -0.15) is 0 Å². The SMILES string of the molecule is COc1cccc(C(=O)c2cc(Cl)ccc2-n2ccnc2)c1OC.COc1cccc(C(=O)c2cc(Cl)ccc2N)c1OC. The lowest BCUT2D eigenvalue weighted by Crippen LogP contribution is -2.09. The topological polar surface area (TPSA) is 115 Å². The number of aromatic nitrogens is 2. The van der Waals surface area contributed by atoms with E-state index >= 15 is 0 Å². The standard InChI is InChI=1S/C18H15ClN2O3.C15H14ClNO3/c1-23-16-5-3-4-13(18(16)24-2)17(22)14-10-12(19)6-7-15(14)21-9-8-20-11-21;1-19-13-5-3-4-10(15(13)20-2)14(18)11-8-9(16)6-7-12(11)17/h3-11H,1-2H3;3-8H,17H2,1-2H3. The molecular weight excluding hydrogens is 605 g/mol. The first-order valence-electron chi connectivity index (χ1n) is 13.1. The van der Waals surface area contributed by atoms with Crippen LogP contribution in [-0.4, -0.2) is 49.6 Å². The van der Waals surface area contributed by atoms with E-state index in [0.29, 0.717) is 66.7 Å². The molecule has 0 bridgehead atoms. The zero-order chi connectivity index (χ0) is 31.8. The molecule has 0 radical (unpaired) electrons. The number of carbonyl (C=O) groups is 2. The van der Waals surface area contributed by atoms with Gasteiger partial charge in [-0.05, 0) is 60.7 Å². The molecule has 2 N–H and O–H groups in total. The Morgan fingerprint density at radius 1 is 0.682 bits per heavy atom. The van der Waals surface area contributed by atoms with Gasteiger partial charge in [-0.3, -0.25) is 9.59 Å². The maximum Gasteiger partial charge on any atom is 0.199 e. The van der Waals surface area contributed by atoms with Gasteiger partial charge in [0, 0.05) is 39.3 Å². The third-order valence-corrected chi connectivity index (χ3v) is 7.01. The van der Waals surface area contributed by atoms with Crippen LogP contribution < -0.4 is 24.7 Å². The molecule has 0 fully saturated rings. The average molecular weight is 635 g/mol. The van der Waals surface area contributed by atoms with E-state index in [1.807, 2.05) is 0 Å². The second-order valence-electron chi connectivity index (χ2n) is 9.10. The van der Waals surface area contributed by atoms with E-state index in [4.69, 9.17) is 47.9 Å². The molecule has 226 valence electrons. The van der Waals surface area contributed by atoms with Crippen molar-refractivity contribution in [2.45, 2.75) is 0 Å². The fraction of sp³-hybridized carbons (Fsp3) is 0.121. The van der Waals surface area contributed by atoms with Crippen LogP contribution >= 0.6 is 23.2 Å². The summed E-state index contributed by atoms with van der Waals surface area (Å²) < 4.78 is 22.8. The summed E-state index contributed by atoms with van der Waals surface area (Å²) in [7, 11) is 6.03. The Labute approximate surface area is 264 Å². The van der Waals surface area contributed by atoms with Crippen LogP contribution in [0.3, 0.4) is 0 Å². The molecule has 0 spiro atoms. The minimum atomic E-state index is -0.263. The van der Waals surface area contributed by atoms with Gasteiger partial charge in [-0.1, -0.05) is 35.3 Å². The number of hydrogen-bond acceptors (Lipinski definition) is 8. The summed E-state index contributed by atoms with van der Waals surface area (Å²) in [6.45, 7) is 0. The normalized spacial score (nSPS) is 10.3. The number of imidazole rings is 1. The van der Waals surface area contributed by atoms with Crippen molar-refractivity contribution < 1.29 is 28.5 Å². The molecule has 1 aromatic heterocycles. The first kappa shape index (κ1) is 31.9. The second kappa shape index (κ2) is 14.5. The number of benzene rings is 4. The first-order valence-corrected chi connectivity index (χ1v) is 13.8. The molecule has 5 rings (SSSR count). The number of ether oxygens (including phenoxy) is 4. The molecule has 9 nitrogen and oxygen atoms in total. The summed E-state index contributed by atoms with van der Waals surface area (Å²) >= 11 is 12.0. The molecular formula is C33H29Cl2N3O6. The highest BCUT2D eigenvalue weighted by molar-refractivity contribution is 6.32. The molecule has 1 heterocycles. The van der Waals surface area contributed by atoms with Crippen LogP contribution in [0.1, 0.15) is 31.8 Å². The molecule has 4 aromatic carbocycles. The lowest BCUT2D eigenvalue weighted by Gasteiger charge is -2.14. The second-order valence-corrected chi connectivity index (χ2v) is 9.98. The van der Waals surface area contributed by atoms with E-state index < -0.39 is 0 Å². The molecule has 0 aliphatic rings. The maximum absolute atomic E-state index is 13.1. The number of hydrogen-bond donors (Lipinski definition) is 1. The Morgan fingerprint density at radius 2 is 1.20 bits per heavy atom. The quantitative estimate of drug-likeness (QED) is 0.137. The van der Waals surface area contributed by atoms with E-state index in [9.17, 15) is 9.59 Å². The number of nitrogens with two attached hydrogens (primary N) is 1. The maximum atomic E-state index is 13.1. The van der Waals surface area contributed by atoms with Crippen molar-refractivity contribution in [1.82, 2.24) is 9.55 Å². The predicted octanol–water partition coefficient (Wildman–Crippen LogP) is 6.94. The number of nitrogen functional groups attached to an aromatic ring is 1. The van der Waals surface area contributed by atoms with Crippen molar-refractivity contribution in [1.29, 1.82) is 0 Å². The number of carbonyl (C=O) groups excluding carboxylic acids is 2. The van der Waals surface area contributed by atoms with Crippen LogP contribution in [0.2, 0.25) is 10.0 Å². The summed E-state index contributed by atoms with van der Waals surface area (Å²) in [5.41, 5.74) is 8.46. The Balaban J connectivity index is 0.000000204. The zero-order valence-electron chi connectivity index (χ0n) is 24.3. The number of ketones is 2. The van der Waals surface area contributed by atoms with Gasteiger partial charge in [0.1, 0.15) is 0 Å². The lowest BCUT2D eigenvalue weighted by molar-refractivity contribution is 0.102. The molecule has 0 aliphatic carbocycles. The van der Waals surface area contributed by atoms with Crippen molar-refractivity contribution in [3.05, 3.63) is 124 Å². The van der Waals surface area contributed by atoms with Crippen molar-refractivity contribution >= 4 is 40.5 Å². The minimum absolute atomic E-state index is 0.211. The van der Waals surface area contributed by atoms with Crippen LogP contribution in [0.25, 0.3) is 5.69 Å². The smallest absolute Gasteiger partial charge is 0.199 e. The Kier molecular flexibility index (Phi) is 10.5. The van der Waals surface area contributed by atoms with Gasteiger partial charge >= 0.3 is 0 Å². The third-order valence-electron chi connectivity index (χ3n) is 6.54. The minimum Gasteiger partial charge on any atom is -0.493 e. The van der Waals surface area contributed by atoms with E-state index in [0.717, 1.165) is 0 Å². The number of para-hydroxylation sites is 2. The van der Waals surface area contributed by atoms with Crippen molar-refractivity contribution in [2.75, 3.05) is 34.2 Å². The van der Waals surface area contributed by atoms with E-state index in [1.165, 1.54) is 34.5 Å². The molecule has 0 saturated carbocycles. The number of methoxy groups -OCH3 is 4. The van der Waals surface area contributed by atoms with Gasteiger partial charge in [-0.15, -0.1) is 0 Å². The van der Waals surface area contributed by atoms with Crippen LogP contribution in [0.4, 0.5) is 5.69 Å². The van der Waals surface area contributed by atoms with Gasteiger partial charge < -0.3 is 29.2 Å². The monoisotopic (exact) mass is 633 g/mol. The van der Waals surface area contributed by atoms with Gasteiger partial charge in [0.05, 0.1) is 51.6 Å². The number of halogens is 2. The van der Waals surface area contributed by atoms with Gasteiger partial charge in [0.15, 0.2) is 34.6 Å². The first-order chi connectivity index (χ1) is 21.2. The van der Waals surface area contributed by atoms with Crippen molar-refractivity contribution in [3.8, 4) is 28.7 Å². The zero-order valence-corrected chi connectivity index (χ0v) is 25.8. The predicted molar refractivity (Wildman–Crippen MR) is 170 cm³/mol. The summed E-state index contributed by atoms with van der Waals surface area (Å²) in [5, 5.41) is 0.925. The fourth-order valence-corrected chi connectivity index (χ4v) is 4.81.